The van der Waals surface area contributed by atoms with E-state index in [0.717, 1.165) is 19.3 Å². The molecule has 1 saturated carbocycles. The van der Waals surface area contributed by atoms with Gasteiger partial charge in [-0.25, -0.2) is 0 Å². The lowest BCUT2D eigenvalue weighted by atomic mass is 9.90. The van der Waals surface area contributed by atoms with E-state index in [1.165, 1.54) is 18.5 Å². The van der Waals surface area contributed by atoms with Gasteiger partial charge in [-0.1, -0.05) is 0 Å². The minimum Gasteiger partial charge on any atom is -0.505 e. The van der Waals surface area contributed by atoms with E-state index in [1.54, 1.807) is 4.90 Å². The van der Waals surface area contributed by atoms with Crippen molar-refractivity contribution in [2.45, 2.75) is 31.7 Å². The summed E-state index contributed by atoms with van der Waals surface area (Å²) in [5.74, 6) is -0.260. The van der Waals surface area contributed by atoms with Crippen LogP contribution in [0.5, 0.6) is 5.75 Å². The van der Waals surface area contributed by atoms with Crippen molar-refractivity contribution < 1.29 is 15.0 Å². The first-order valence-corrected chi connectivity index (χ1v) is 6.29. The van der Waals surface area contributed by atoms with Gasteiger partial charge in [-0.05, 0) is 31.7 Å². The van der Waals surface area contributed by atoms with Gasteiger partial charge in [-0.2, -0.15) is 0 Å². The summed E-state index contributed by atoms with van der Waals surface area (Å²) in [5, 5.41) is 18.6. The highest BCUT2D eigenvalue weighted by Crippen LogP contribution is 2.28. The highest BCUT2D eigenvalue weighted by atomic mass is 16.3. The smallest absolute Gasteiger partial charge is 0.257 e. The van der Waals surface area contributed by atoms with E-state index in [0.29, 0.717) is 13.0 Å². The number of rotatable bonds is 5. The Kier molecular flexibility index (Phi) is 4.15. The highest BCUT2D eigenvalue weighted by Gasteiger charge is 2.29. The Labute approximate surface area is 106 Å². The molecule has 0 aliphatic heterocycles. The zero-order valence-corrected chi connectivity index (χ0v) is 10.2. The Balaban J connectivity index is 2.14. The molecule has 1 aliphatic rings. The lowest BCUT2D eigenvalue weighted by molar-refractivity contribution is 0.0559. The summed E-state index contributed by atoms with van der Waals surface area (Å²) in [5.41, 5.74) is 0.287. The second kappa shape index (κ2) is 5.82. The SMILES string of the molecule is O=C(c1ccncc1O)N(CCCO)C1CCC1. The fraction of sp³-hybridized carbons (Fsp3) is 0.538. The maximum Gasteiger partial charge on any atom is 0.257 e. The number of amides is 1. The monoisotopic (exact) mass is 250 g/mol. The molecule has 1 amide bonds. The summed E-state index contributed by atoms with van der Waals surface area (Å²) in [7, 11) is 0. The van der Waals surface area contributed by atoms with E-state index in [4.69, 9.17) is 5.11 Å². The van der Waals surface area contributed by atoms with Crippen LogP contribution in [0, 0.1) is 0 Å². The number of aliphatic hydroxyl groups is 1. The molecule has 2 N–H and O–H groups in total. The second-order valence-electron chi connectivity index (χ2n) is 4.55. The topological polar surface area (TPSA) is 73.7 Å². The standard InChI is InChI=1S/C13H18N2O3/c16-8-2-7-15(10-3-1-4-10)13(18)11-5-6-14-9-12(11)17/h5-6,9-10,16-17H,1-4,7-8H2. The molecule has 0 aromatic carbocycles. The van der Waals surface area contributed by atoms with Crippen LogP contribution in [0.1, 0.15) is 36.0 Å². The lowest BCUT2D eigenvalue weighted by Crippen LogP contribution is -2.45. The quantitative estimate of drug-likeness (QED) is 0.822. The normalized spacial score (nSPS) is 15.2. The predicted molar refractivity (Wildman–Crippen MR) is 66.3 cm³/mol. The van der Waals surface area contributed by atoms with Crippen molar-refractivity contribution in [1.82, 2.24) is 9.88 Å². The number of hydrogen-bond acceptors (Lipinski definition) is 4. The lowest BCUT2D eigenvalue weighted by Gasteiger charge is -2.37. The van der Waals surface area contributed by atoms with E-state index in [1.807, 2.05) is 0 Å². The number of aromatic hydroxyl groups is 1. The molecule has 0 spiro atoms. The first-order valence-electron chi connectivity index (χ1n) is 6.29. The number of pyridine rings is 1. The van der Waals surface area contributed by atoms with Crippen LogP contribution in [0.25, 0.3) is 0 Å². The van der Waals surface area contributed by atoms with Crippen LogP contribution in [-0.4, -0.2) is 45.2 Å². The first kappa shape index (κ1) is 12.8. The zero-order valence-electron chi connectivity index (χ0n) is 10.2. The van der Waals surface area contributed by atoms with Gasteiger partial charge in [0, 0.05) is 25.4 Å². The van der Waals surface area contributed by atoms with E-state index >= 15 is 0 Å². The van der Waals surface area contributed by atoms with Gasteiger partial charge in [0.2, 0.25) is 0 Å². The summed E-state index contributed by atoms with van der Waals surface area (Å²) in [6.45, 7) is 0.598. The molecule has 0 atom stereocenters. The molecule has 1 aromatic rings. The Morgan fingerprint density at radius 2 is 2.28 bits per heavy atom. The minimum absolute atomic E-state index is 0.0683. The predicted octanol–water partition coefficient (Wildman–Crippen LogP) is 1.16. The molecule has 0 saturated heterocycles. The third-order valence-corrected chi connectivity index (χ3v) is 3.36. The van der Waals surface area contributed by atoms with Gasteiger partial charge in [-0.15, -0.1) is 0 Å². The fourth-order valence-electron chi connectivity index (χ4n) is 2.11. The van der Waals surface area contributed by atoms with Crippen LogP contribution < -0.4 is 0 Å². The summed E-state index contributed by atoms with van der Waals surface area (Å²) in [6, 6.07) is 1.78. The summed E-state index contributed by atoms with van der Waals surface area (Å²) >= 11 is 0. The molecular formula is C13H18N2O3. The van der Waals surface area contributed by atoms with Crippen LogP contribution in [0.2, 0.25) is 0 Å². The van der Waals surface area contributed by atoms with E-state index in [9.17, 15) is 9.90 Å². The van der Waals surface area contributed by atoms with Crippen molar-refractivity contribution in [1.29, 1.82) is 0 Å². The minimum atomic E-state index is -0.173. The van der Waals surface area contributed by atoms with Crippen LogP contribution in [0.3, 0.4) is 0 Å². The molecule has 1 aliphatic carbocycles. The van der Waals surface area contributed by atoms with Gasteiger partial charge < -0.3 is 15.1 Å². The average Bonchev–Trinajstić information content (AvgIpc) is 2.32. The number of aromatic nitrogens is 1. The molecule has 1 fully saturated rings. The summed E-state index contributed by atoms with van der Waals surface area (Å²) < 4.78 is 0. The van der Waals surface area contributed by atoms with Gasteiger partial charge >= 0.3 is 0 Å². The molecule has 1 heterocycles. The second-order valence-corrected chi connectivity index (χ2v) is 4.55. The van der Waals surface area contributed by atoms with Gasteiger partial charge in [-0.3, -0.25) is 9.78 Å². The number of carbonyl (C=O) groups is 1. The number of hydrogen-bond donors (Lipinski definition) is 2. The molecule has 1 aromatic heterocycles. The highest BCUT2D eigenvalue weighted by molar-refractivity contribution is 5.96. The number of nitrogens with zero attached hydrogens (tertiary/aromatic N) is 2. The van der Waals surface area contributed by atoms with Crippen molar-refractivity contribution in [3.8, 4) is 5.75 Å². The average molecular weight is 250 g/mol. The number of aliphatic hydroxyl groups excluding tert-OH is 1. The van der Waals surface area contributed by atoms with Crippen molar-refractivity contribution in [3.63, 3.8) is 0 Å². The van der Waals surface area contributed by atoms with Crippen LogP contribution in [0.4, 0.5) is 0 Å². The van der Waals surface area contributed by atoms with E-state index in [-0.39, 0.29) is 29.9 Å². The Hall–Kier alpha value is -1.62. The Bertz CT molecular complexity index is 418. The molecule has 2 rings (SSSR count). The molecule has 18 heavy (non-hydrogen) atoms. The largest absolute Gasteiger partial charge is 0.505 e. The van der Waals surface area contributed by atoms with Crippen LogP contribution >= 0.6 is 0 Å². The van der Waals surface area contributed by atoms with Crippen molar-refractivity contribution in [2.75, 3.05) is 13.2 Å². The molecular weight excluding hydrogens is 232 g/mol. The molecule has 0 unspecified atom stereocenters. The van der Waals surface area contributed by atoms with E-state index in [2.05, 4.69) is 4.98 Å². The Morgan fingerprint density at radius 3 is 2.83 bits per heavy atom. The summed E-state index contributed by atoms with van der Waals surface area (Å²) in [6.07, 6.45) is 6.48. The van der Waals surface area contributed by atoms with Gasteiger partial charge in [0.1, 0.15) is 5.75 Å². The van der Waals surface area contributed by atoms with Crippen LogP contribution in [-0.2, 0) is 0 Å². The van der Waals surface area contributed by atoms with E-state index < -0.39 is 0 Å². The summed E-state index contributed by atoms with van der Waals surface area (Å²) in [4.78, 5) is 17.9. The van der Waals surface area contributed by atoms with Gasteiger partial charge in [0.15, 0.2) is 0 Å². The maximum absolute atomic E-state index is 12.4. The molecule has 5 nitrogen and oxygen atoms in total. The first-order chi connectivity index (χ1) is 8.74. The van der Waals surface area contributed by atoms with Gasteiger partial charge in [0.25, 0.3) is 5.91 Å². The third kappa shape index (κ3) is 2.61. The van der Waals surface area contributed by atoms with Gasteiger partial charge in [0.05, 0.1) is 11.8 Å². The van der Waals surface area contributed by atoms with Crippen molar-refractivity contribution >= 4 is 5.91 Å². The zero-order chi connectivity index (χ0) is 13.0. The number of carbonyl (C=O) groups excluding carboxylic acids is 1. The fourth-order valence-corrected chi connectivity index (χ4v) is 2.11. The molecule has 5 heteroatoms. The van der Waals surface area contributed by atoms with Crippen molar-refractivity contribution in [3.05, 3.63) is 24.0 Å². The maximum atomic E-state index is 12.4. The van der Waals surface area contributed by atoms with Crippen LogP contribution in [0.15, 0.2) is 18.5 Å². The molecule has 98 valence electrons. The Morgan fingerprint density at radius 1 is 1.50 bits per heavy atom. The third-order valence-electron chi connectivity index (χ3n) is 3.36. The molecule has 0 bridgehead atoms. The molecule has 0 radical (unpaired) electrons. The van der Waals surface area contributed by atoms with Crippen molar-refractivity contribution in [2.24, 2.45) is 0 Å².